The van der Waals surface area contributed by atoms with Gasteiger partial charge in [0.25, 0.3) is 0 Å². The summed E-state index contributed by atoms with van der Waals surface area (Å²) in [6.07, 6.45) is 0. The zero-order valence-corrected chi connectivity index (χ0v) is 11.3. The summed E-state index contributed by atoms with van der Waals surface area (Å²) in [6, 6.07) is 8.86. The standard InChI is InChI=1S/C12H17N3O2S/c1-3-14-9-11-6-4-5-7-12(11)15-18(16,17)10(2)8-13/h4-7,10,14-15H,3,9H2,1-2H3. The first kappa shape index (κ1) is 14.5. The molecule has 18 heavy (non-hydrogen) atoms. The average molecular weight is 267 g/mol. The van der Waals surface area contributed by atoms with Gasteiger partial charge in [-0.25, -0.2) is 8.42 Å². The van der Waals surface area contributed by atoms with E-state index in [-0.39, 0.29) is 0 Å². The van der Waals surface area contributed by atoms with Gasteiger partial charge in [-0.2, -0.15) is 5.26 Å². The highest BCUT2D eigenvalue weighted by Crippen LogP contribution is 2.17. The highest BCUT2D eigenvalue weighted by atomic mass is 32.2. The molecule has 2 N–H and O–H groups in total. The SMILES string of the molecule is CCNCc1ccccc1NS(=O)(=O)C(C)C#N. The van der Waals surface area contributed by atoms with Crippen molar-refractivity contribution >= 4 is 15.7 Å². The molecule has 0 saturated carbocycles. The first-order chi connectivity index (χ1) is 8.51. The highest BCUT2D eigenvalue weighted by Gasteiger charge is 2.20. The van der Waals surface area contributed by atoms with Gasteiger partial charge in [0, 0.05) is 6.54 Å². The van der Waals surface area contributed by atoms with Gasteiger partial charge in [-0.05, 0) is 25.1 Å². The molecule has 0 aromatic heterocycles. The maximum Gasteiger partial charge on any atom is 0.248 e. The molecule has 6 heteroatoms. The van der Waals surface area contributed by atoms with Crippen LogP contribution in [0.5, 0.6) is 0 Å². The molecule has 1 atom stereocenters. The second-order valence-corrected chi connectivity index (χ2v) is 5.86. The molecule has 1 aromatic carbocycles. The van der Waals surface area contributed by atoms with Crippen LogP contribution in [0.3, 0.4) is 0 Å². The molecular weight excluding hydrogens is 250 g/mol. The molecule has 0 spiro atoms. The Hall–Kier alpha value is -1.58. The lowest BCUT2D eigenvalue weighted by Crippen LogP contribution is -2.25. The lowest BCUT2D eigenvalue weighted by atomic mass is 10.2. The Balaban J connectivity index is 2.94. The fraction of sp³-hybridized carbons (Fsp3) is 0.417. The van der Waals surface area contributed by atoms with Gasteiger partial charge in [0.2, 0.25) is 10.0 Å². The minimum Gasteiger partial charge on any atom is -0.313 e. The fourth-order valence-electron chi connectivity index (χ4n) is 1.34. The Kier molecular flexibility index (Phi) is 5.13. The van der Waals surface area contributed by atoms with E-state index in [4.69, 9.17) is 5.26 Å². The summed E-state index contributed by atoms with van der Waals surface area (Å²) in [5, 5.41) is 10.7. The van der Waals surface area contributed by atoms with Crippen LogP contribution in [-0.2, 0) is 16.6 Å². The number of nitrogens with zero attached hydrogens (tertiary/aromatic N) is 1. The average Bonchev–Trinajstić information content (AvgIpc) is 2.36. The number of nitriles is 1. The Morgan fingerprint density at radius 2 is 2.06 bits per heavy atom. The Morgan fingerprint density at radius 1 is 1.39 bits per heavy atom. The van der Waals surface area contributed by atoms with Gasteiger partial charge in [0.05, 0.1) is 11.8 Å². The third-order valence-electron chi connectivity index (χ3n) is 2.48. The van der Waals surface area contributed by atoms with Crippen LogP contribution in [0.2, 0.25) is 0 Å². The van der Waals surface area contributed by atoms with Gasteiger partial charge in [-0.1, -0.05) is 25.1 Å². The molecule has 0 bridgehead atoms. The van der Waals surface area contributed by atoms with E-state index in [1.807, 2.05) is 19.1 Å². The van der Waals surface area contributed by atoms with E-state index in [1.54, 1.807) is 18.2 Å². The number of rotatable bonds is 6. The van der Waals surface area contributed by atoms with Crippen LogP contribution < -0.4 is 10.0 Å². The summed E-state index contributed by atoms with van der Waals surface area (Å²) in [5.41, 5.74) is 1.37. The molecule has 0 amide bonds. The van der Waals surface area contributed by atoms with Crippen molar-refractivity contribution in [1.29, 1.82) is 5.26 Å². The van der Waals surface area contributed by atoms with E-state index < -0.39 is 15.3 Å². The summed E-state index contributed by atoms with van der Waals surface area (Å²) >= 11 is 0. The normalized spacial score (nSPS) is 12.7. The van der Waals surface area contributed by atoms with E-state index in [9.17, 15) is 8.42 Å². The summed E-state index contributed by atoms with van der Waals surface area (Å²) in [6.45, 7) is 4.71. The molecule has 1 rings (SSSR count). The van der Waals surface area contributed by atoms with Crippen molar-refractivity contribution in [3.63, 3.8) is 0 Å². The Labute approximate surface area is 108 Å². The largest absolute Gasteiger partial charge is 0.313 e. The van der Waals surface area contributed by atoms with Crippen LogP contribution in [0.25, 0.3) is 0 Å². The zero-order chi connectivity index (χ0) is 13.6. The first-order valence-corrected chi connectivity index (χ1v) is 7.25. The minimum absolute atomic E-state index is 0.514. The predicted octanol–water partition coefficient (Wildman–Crippen LogP) is 1.45. The number of sulfonamides is 1. The van der Waals surface area contributed by atoms with Gasteiger partial charge in [-0.15, -0.1) is 0 Å². The smallest absolute Gasteiger partial charge is 0.248 e. The van der Waals surface area contributed by atoms with E-state index in [1.165, 1.54) is 6.92 Å². The molecular formula is C12H17N3O2S. The highest BCUT2D eigenvalue weighted by molar-refractivity contribution is 7.93. The number of hydrogen-bond acceptors (Lipinski definition) is 4. The van der Waals surface area contributed by atoms with Crippen molar-refractivity contribution < 1.29 is 8.42 Å². The second kappa shape index (κ2) is 6.38. The number of hydrogen-bond donors (Lipinski definition) is 2. The maximum absolute atomic E-state index is 11.8. The Morgan fingerprint density at radius 3 is 2.67 bits per heavy atom. The second-order valence-electron chi connectivity index (χ2n) is 3.86. The number of nitrogens with one attached hydrogen (secondary N) is 2. The topological polar surface area (TPSA) is 82.0 Å². The lowest BCUT2D eigenvalue weighted by molar-refractivity contribution is 0.597. The number of para-hydroxylation sites is 1. The molecule has 0 saturated heterocycles. The molecule has 0 aliphatic carbocycles. The zero-order valence-electron chi connectivity index (χ0n) is 10.5. The molecule has 98 valence electrons. The molecule has 1 unspecified atom stereocenters. The molecule has 0 aliphatic rings. The summed E-state index contributed by atoms with van der Waals surface area (Å²) in [5.74, 6) is 0. The molecule has 0 fully saturated rings. The van der Waals surface area contributed by atoms with Crippen molar-refractivity contribution in [1.82, 2.24) is 5.32 Å². The predicted molar refractivity (Wildman–Crippen MR) is 71.4 cm³/mol. The van der Waals surface area contributed by atoms with Crippen LogP contribution in [0.1, 0.15) is 19.4 Å². The number of anilines is 1. The van der Waals surface area contributed by atoms with Crippen molar-refractivity contribution in [3.05, 3.63) is 29.8 Å². The van der Waals surface area contributed by atoms with Gasteiger partial charge < -0.3 is 5.32 Å². The molecule has 0 radical (unpaired) electrons. The van der Waals surface area contributed by atoms with Crippen molar-refractivity contribution in [3.8, 4) is 6.07 Å². The quantitative estimate of drug-likeness (QED) is 0.817. The van der Waals surface area contributed by atoms with E-state index in [2.05, 4.69) is 10.0 Å². The third-order valence-corrected chi connectivity index (χ3v) is 4.02. The molecule has 5 nitrogen and oxygen atoms in total. The summed E-state index contributed by atoms with van der Waals surface area (Å²) in [4.78, 5) is 0. The van der Waals surface area contributed by atoms with Crippen LogP contribution in [0.15, 0.2) is 24.3 Å². The van der Waals surface area contributed by atoms with Crippen molar-refractivity contribution in [2.75, 3.05) is 11.3 Å². The lowest BCUT2D eigenvalue weighted by Gasteiger charge is -2.13. The molecule has 0 heterocycles. The van der Waals surface area contributed by atoms with Crippen LogP contribution in [0, 0.1) is 11.3 Å². The first-order valence-electron chi connectivity index (χ1n) is 5.71. The van der Waals surface area contributed by atoms with Crippen LogP contribution in [-0.4, -0.2) is 20.2 Å². The summed E-state index contributed by atoms with van der Waals surface area (Å²) in [7, 11) is -3.65. The van der Waals surface area contributed by atoms with Crippen LogP contribution in [0.4, 0.5) is 5.69 Å². The fourth-order valence-corrected chi connectivity index (χ4v) is 2.17. The van der Waals surface area contributed by atoms with E-state index >= 15 is 0 Å². The van der Waals surface area contributed by atoms with Crippen molar-refractivity contribution in [2.24, 2.45) is 0 Å². The molecule has 1 aromatic rings. The minimum atomic E-state index is -3.65. The van der Waals surface area contributed by atoms with Gasteiger partial charge in [0.15, 0.2) is 5.25 Å². The monoisotopic (exact) mass is 267 g/mol. The van der Waals surface area contributed by atoms with Gasteiger partial charge in [0.1, 0.15) is 0 Å². The Bertz CT molecular complexity index is 534. The van der Waals surface area contributed by atoms with Crippen LogP contribution >= 0.6 is 0 Å². The third kappa shape index (κ3) is 3.72. The van der Waals surface area contributed by atoms with Gasteiger partial charge in [-0.3, -0.25) is 4.72 Å². The maximum atomic E-state index is 11.8. The molecule has 0 aliphatic heterocycles. The number of benzene rings is 1. The van der Waals surface area contributed by atoms with Crippen molar-refractivity contribution in [2.45, 2.75) is 25.6 Å². The van der Waals surface area contributed by atoms with E-state index in [0.717, 1.165) is 12.1 Å². The van der Waals surface area contributed by atoms with Gasteiger partial charge >= 0.3 is 0 Å². The van der Waals surface area contributed by atoms with E-state index in [0.29, 0.717) is 12.2 Å². The summed E-state index contributed by atoms with van der Waals surface area (Å²) < 4.78 is 26.1.